The minimum Gasteiger partial charge on any atom is -0.493 e. The quantitative estimate of drug-likeness (QED) is 0.591. The summed E-state index contributed by atoms with van der Waals surface area (Å²) in [5, 5.41) is 2.71. The molecule has 2 aromatic carbocycles. The van der Waals surface area contributed by atoms with Gasteiger partial charge in [-0.25, -0.2) is 4.79 Å². The van der Waals surface area contributed by atoms with Gasteiger partial charge in [-0.15, -0.1) is 0 Å². The molecule has 0 spiro atoms. The summed E-state index contributed by atoms with van der Waals surface area (Å²) >= 11 is 0. The second-order valence-electron chi connectivity index (χ2n) is 5.97. The van der Waals surface area contributed by atoms with Crippen molar-refractivity contribution in [3.63, 3.8) is 0 Å². The SMILES string of the molecule is COC(=O)c1cccc(NC(=O)/C=C/c2ccc(OC(C)C)c(OC)c2)c1. The van der Waals surface area contributed by atoms with Crippen molar-refractivity contribution in [2.24, 2.45) is 0 Å². The molecule has 0 bridgehead atoms. The number of anilines is 1. The van der Waals surface area contributed by atoms with E-state index < -0.39 is 5.97 Å². The van der Waals surface area contributed by atoms with Crippen LogP contribution < -0.4 is 14.8 Å². The number of carbonyl (C=O) groups is 2. The highest BCUT2D eigenvalue weighted by Crippen LogP contribution is 2.29. The van der Waals surface area contributed by atoms with Crippen molar-refractivity contribution in [1.82, 2.24) is 0 Å². The van der Waals surface area contributed by atoms with Gasteiger partial charge in [-0.2, -0.15) is 0 Å². The molecule has 0 aliphatic rings. The zero-order valence-electron chi connectivity index (χ0n) is 15.8. The van der Waals surface area contributed by atoms with Crippen molar-refractivity contribution in [1.29, 1.82) is 0 Å². The molecule has 0 atom stereocenters. The number of rotatable bonds is 7. The lowest BCUT2D eigenvalue weighted by Gasteiger charge is -2.13. The molecule has 0 heterocycles. The summed E-state index contributed by atoms with van der Waals surface area (Å²) in [6.45, 7) is 3.87. The van der Waals surface area contributed by atoms with Gasteiger partial charge in [-0.3, -0.25) is 4.79 Å². The molecule has 1 N–H and O–H groups in total. The third kappa shape index (κ3) is 5.88. The second kappa shape index (κ2) is 9.43. The van der Waals surface area contributed by atoms with Crippen molar-refractivity contribution < 1.29 is 23.8 Å². The van der Waals surface area contributed by atoms with E-state index in [0.717, 1.165) is 5.56 Å². The van der Waals surface area contributed by atoms with Crippen molar-refractivity contribution in [2.45, 2.75) is 20.0 Å². The summed E-state index contributed by atoms with van der Waals surface area (Å²) in [6.07, 6.45) is 3.11. The molecule has 1 amide bonds. The fourth-order valence-electron chi connectivity index (χ4n) is 2.34. The maximum atomic E-state index is 12.1. The van der Waals surface area contributed by atoms with Gasteiger partial charge < -0.3 is 19.5 Å². The van der Waals surface area contributed by atoms with Crippen LogP contribution in [-0.2, 0) is 9.53 Å². The van der Waals surface area contributed by atoms with Gasteiger partial charge in [0.15, 0.2) is 11.5 Å². The Balaban J connectivity index is 2.07. The smallest absolute Gasteiger partial charge is 0.337 e. The summed E-state index contributed by atoms with van der Waals surface area (Å²) < 4.78 is 15.7. The predicted molar refractivity (Wildman–Crippen MR) is 104 cm³/mol. The molecule has 0 aliphatic heterocycles. The molecule has 142 valence electrons. The first kappa shape index (κ1) is 20.0. The highest BCUT2D eigenvalue weighted by molar-refractivity contribution is 6.02. The van der Waals surface area contributed by atoms with Crippen molar-refractivity contribution >= 4 is 23.6 Å². The molecule has 27 heavy (non-hydrogen) atoms. The van der Waals surface area contributed by atoms with Crippen LogP contribution in [0.4, 0.5) is 5.69 Å². The van der Waals surface area contributed by atoms with Crippen molar-refractivity contribution in [3.05, 3.63) is 59.7 Å². The van der Waals surface area contributed by atoms with Crippen LogP contribution in [0.1, 0.15) is 29.8 Å². The lowest BCUT2D eigenvalue weighted by Crippen LogP contribution is -2.09. The molecule has 6 heteroatoms. The van der Waals surface area contributed by atoms with E-state index in [-0.39, 0.29) is 12.0 Å². The van der Waals surface area contributed by atoms with E-state index in [4.69, 9.17) is 9.47 Å². The summed E-state index contributed by atoms with van der Waals surface area (Å²) in [5.41, 5.74) is 1.66. The summed E-state index contributed by atoms with van der Waals surface area (Å²) in [6, 6.07) is 12.0. The molecular formula is C21H23NO5. The van der Waals surface area contributed by atoms with Gasteiger partial charge in [0.05, 0.1) is 25.9 Å². The number of benzene rings is 2. The Morgan fingerprint density at radius 1 is 1.04 bits per heavy atom. The van der Waals surface area contributed by atoms with Gasteiger partial charge in [-0.1, -0.05) is 12.1 Å². The normalized spacial score (nSPS) is 10.7. The molecular weight excluding hydrogens is 346 g/mol. The van der Waals surface area contributed by atoms with Crippen LogP contribution in [0.15, 0.2) is 48.5 Å². The Bertz CT molecular complexity index is 842. The summed E-state index contributed by atoms with van der Waals surface area (Å²) in [7, 11) is 2.87. The van der Waals surface area contributed by atoms with Crippen LogP contribution in [0.2, 0.25) is 0 Å². The number of methoxy groups -OCH3 is 2. The second-order valence-corrected chi connectivity index (χ2v) is 5.97. The molecule has 2 rings (SSSR count). The average molecular weight is 369 g/mol. The van der Waals surface area contributed by atoms with Crippen LogP contribution in [0.5, 0.6) is 11.5 Å². The Kier molecular flexibility index (Phi) is 7.00. The first-order valence-corrected chi connectivity index (χ1v) is 8.45. The number of ether oxygens (including phenoxy) is 3. The molecule has 0 unspecified atom stereocenters. The van der Waals surface area contributed by atoms with Gasteiger partial charge in [0, 0.05) is 11.8 Å². The standard InChI is InChI=1S/C21H23NO5/c1-14(2)27-18-10-8-15(12-19(18)25-3)9-11-20(23)22-17-7-5-6-16(13-17)21(24)26-4/h5-14H,1-4H3,(H,22,23)/b11-9+. The summed E-state index contributed by atoms with van der Waals surface area (Å²) in [5.74, 6) is 0.460. The van der Waals surface area contributed by atoms with Crippen LogP contribution in [0.25, 0.3) is 6.08 Å². The van der Waals surface area contributed by atoms with E-state index in [9.17, 15) is 9.59 Å². The minimum absolute atomic E-state index is 0.0341. The highest BCUT2D eigenvalue weighted by Gasteiger charge is 2.08. The van der Waals surface area contributed by atoms with Crippen LogP contribution in [0.3, 0.4) is 0 Å². The first-order chi connectivity index (χ1) is 12.9. The highest BCUT2D eigenvalue weighted by atomic mass is 16.5. The topological polar surface area (TPSA) is 73.9 Å². The van der Waals surface area contributed by atoms with Gasteiger partial charge in [0.25, 0.3) is 0 Å². The van der Waals surface area contributed by atoms with E-state index in [1.54, 1.807) is 49.6 Å². The molecule has 0 saturated heterocycles. The monoisotopic (exact) mass is 369 g/mol. The van der Waals surface area contributed by atoms with Gasteiger partial charge >= 0.3 is 5.97 Å². The number of hydrogen-bond acceptors (Lipinski definition) is 5. The molecule has 0 saturated carbocycles. The largest absolute Gasteiger partial charge is 0.493 e. The average Bonchev–Trinajstić information content (AvgIpc) is 2.66. The van der Waals surface area contributed by atoms with E-state index in [0.29, 0.717) is 22.7 Å². The lowest BCUT2D eigenvalue weighted by molar-refractivity contribution is -0.111. The zero-order valence-corrected chi connectivity index (χ0v) is 15.8. The number of hydrogen-bond donors (Lipinski definition) is 1. The Morgan fingerprint density at radius 2 is 1.81 bits per heavy atom. The van der Waals surface area contributed by atoms with E-state index in [1.165, 1.54) is 13.2 Å². The van der Waals surface area contributed by atoms with Crippen LogP contribution in [-0.4, -0.2) is 32.2 Å². The third-order valence-corrected chi connectivity index (χ3v) is 3.53. The van der Waals surface area contributed by atoms with Gasteiger partial charge in [0.1, 0.15) is 0 Å². The maximum absolute atomic E-state index is 12.1. The number of carbonyl (C=O) groups excluding carboxylic acids is 2. The zero-order chi connectivity index (χ0) is 19.8. The molecule has 6 nitrogen and oxygen atoms in total. The number of esters is 1. The Hall–Kier alpha value is -3.28. The van der Waals surface area contributed by atoms with Crippen LogP contribution in [0, 0.1) is 0 Å². The fraction of sp³-hybridized carbons (Fsp3) is 0.238. The third-order valence-electron chi connectivity index (χ3n) is 3.53. The van der Waals surface area contributed by atoms with E-state index >= 15 is 0 Å². The van der Waals surface area contributed by atoms with E-state index in [2.05, 4.69) is 10.1 Å². The van der Waals surface area contributed by atoms with E-state index in [1.807, 2.05) is 19.9 Å². The molecule has 0 aromatic heterocycles. The molecule has 0 radical (unpaired) electrons. The molecule has 0 aliphatic carbocycles. The summed E-state index contributed by atoms with van der Waals surface area (Å²) in [4.78, 5) is 23.7. The van der Waals surface area contributed by atoms with Crippen molar-refractivity contribution in [2.75, 3.05) is 19.5 Å². The molecule has 0 fully saturated rings. The number of nitrogens with one attached hydrogen (secondary N) is 1. The molecule has 2 aromatic rings. The lowest BCUT2D eigenvalue weighted by atomic mass is 10.1. The Morgan fingerprint density at radius 3 is 2.48 bits per heavy atom. The van der Waals surface area contributed by atoms with Gasteiger partial charge in [-0.05, 0) is 55.8 Å². The van der Waals surface area contributed by atoms with Gasteiger partial charge in [0.2, 0.25) is 5.91 Å². The first-order valence-electron chi connectivity index (χ1n) is 8.45. The predicted octanol–water partition coefficient (Wildman–Crippen LogP) is 3.92. The van der Waals surface area contributed by atoms with Crippen molar-refractivity contribution in [3.8, 4) is 11.5 Å². The minimum atomic E-state index is -0.461. The number of amides is 1. The maximum Gasteiger partial charge on any atom is 0.337 e. The fourth-order valence-corrected chi connectivity index (χ4v) is 2.34. The van der Waals surface area contributed by atoms with Crippen LogP contribution >= 0.6 is 0 Å². The Labute approximate surface area is 158 Å².